The third-order valence-corrected chi connectivity index (χ3v) is 3.16. The van der Waals surface area contributed by atoms with Gasteiger partial charge in [-0.05, 0) is 31.2 Å². The summed E-state index contributed by atoms with van der Waals surface area (Å²) >= 11 is 0. The van der Waals surface area contributed by atoms with Crippen molar-refractivity contribution in [3.05, 3.63) is 12.2 Å². The van der Waals surface area contributed by atoms with Gasteiger partial charge in [0.15, 0.2) is 0 Å². The van der Waals surface area contributed by atoms with Crippen LogP contribution in [0.1, 0.15) is 32.5 Å². The SMILES string of the molecule is CC(C)Cn1ncnc1CNCC1CC(O)C1. The van der Waals surface area contributed by atoms with Crippen LogP contribution in [0.25, 0.3) is 0 Å². The summed E-state index contributed by atoms with van der Waals surface area (Å²) in [5.41, 5.74) is 0. The molecule has 1 aromatic heterocycles. The fraction of sp³-hybridized carbons (Fsp3) is 0.833. The number of hydrogen-bond acceptors (Lipinski definition) is 4. The quantitative estimate of drug-likeness (QED) is 0.769. The van der Waals surface area contributed by atoms with Crippen LogP contribution in [0.5, 0.6) is 0 Å². The van der Waals surface area contributed by atoms with E-state index in [2.05, 4.69) is 29.2 Å². The molecule has 1 aliphatic carbocycles. The van der Waals surface area contributed by atoms with Crippen molar-refractivity contribution in [2.45, 2.75) is 45.9 Å². The summed E-state index contributed by atoms with van der Waals surface area (Å²) in [6, 6.07) is 0. The lowest BCUT2D eigenvalue weighted by Crippen LogP contribution is -2.36. The molecule has 2 N–H and O–H groups in total. The highest BCUT2D eigenvalue weighted by molar-refractivity contribution is 4.86. The summed E-state index contributed by atoms with van der Waals surface area (Å²) in [6.07, 6.45) is 3.43. The number of hydrogen-bond donors (Lipinski definition) is 2. The Labute approximate surface area is 102 Å². The van der Waals surface area contributed by atoms with Gasteiger partial charge in [-0.25, -0.2) is 9.67 Å². The van der Waals surface area contributed by atoms with E-state index in [0.717, 1.165) is 38.3 Å². The minimum atomic E-state index is -0.0635. The van der Waals surface area contributed by atoms with Crippen LogP contribution in [0.15, 0.2) is 6.33 Å². The van der Waals surface area contributed by atoms with Gasteiger partial charge in [-0.3, -0.25) is 0 Å². The van der Waals surface area contributed by atoms with E-state index in [1.165, 1.54) is 0 Å². The first kappa shape index (κ1) is 12.5. The van der Waals surface area contributed by atoms with E-state index in [0.29, 0.717) is 11.8 Å². The second-order valence-electron chi connectivity index (χ2n) is 5.37. The second kappa shape index (κ2) is 5.60. The Bertz CT molecular complexity index is 344. The summed E-state index contributed by atoms with van der Waals surface area (Å²) in [6.45, 7) is 6.99. The lowest BCUT2D eigenvalue weighted by atomic mass is 9.82. The molecule has 1 saturated carbocycles. The number of nitrogens with one attached hydrogen (secondary N) is 1. The molecule has 17 heavy (non-hydrogen) atoms. The third-order valence-electron chi connectivity index (χ3n) is 3.16. The first-order chi connectivity index (χ1) is 8.15. The topological polar surface area (TPSA) is 63.0 Å². The zero-order chi connectivity index (χ0) is 12.3. The van der Waals surface area contributed by atoms with Gasteiger partial charge in [-0.1, -0.05) is 13.8 Å². The normalized spacial score (nSPS) is 24.0. The predicted molar refractivity (Wildman–Crippen MR) is 65.3 cm³/mol. The molecule has 5 heteroatoms. The van der Waals surface area contributed by atoms with Crippen molar-refractivity contribution in [1.29, 1.82) is 0 Å². The number of aromatic nitrogens is 3. The van der Waals surface area contributed by atoms with Crippen LogP contribution in [0.3, 0.4) is 0 Å². The first-order valence-electron chi connectivity index (χ1n) is 6.40. The highest BCUT2D eigenvalue weighted by Crippen LogP contribution is 2.26. The van der Waals surface area contributed by atoms with Gasteiger partial charge in [-0.2, -0.15) is 5.10 Å². The number of aliphatic hydroxyl groups is 1. The third kappa shape index (κ3) is 3.51. The molecule has 0 amide bonds. The highest BCUT2D eigenvalue weighted by Gasteiger charge is 2.26. The van der Waals surface area contributed by atoms with Crippen molar-refractivity contribution < 1.29 is 5.11 Å². The molecule has 0 unspecified atom stereocenters. The molecule has 0 saturated heterocycles. The molecule has 5 nitrogen and oxygen atoms in total. The van der Waals surface area contributed by atoms with Crippen LogP contribution < -0.4 is 5.32 Å². The summed E-state index contributed by atoms with van der Waals surface area (Å²) < 4.78 is 1.97. The Morgan fingerprint density at radius 2 is 2.29 bits per heavy atom. The fourth-order valence-corrected chi connectivity index (χ4v) is 2.18. The van der Waals surface area contributed by atoms with E-state index in [4.69, 9.17) is 0 Å². The van der Waals surface area contributed by atoms with Gasteiger partial charge in [0.1, 0.15) is 12.2 Å². The van der Waals surface area contributed by atoms with Crippen LogP contribution >= 0.6 is 0 Å². The highest BCUT2D eigenvalue weighted by atomic mass is 16.3. The molecule has 0 atom stereocenters. The van der Waals surface area contributed by atoms with Crippen LogP contribution in [0, 0.1) is 11.8 Å². The van der Waals surface area contributed by atoms with E-state index < -0.39 is 0 Å². The summed E-state index contributed by atoms with van der Waals surface area (Å²) in [7, 11) is 0. The van der Waals surface area contributed by atoms with Crippen molar-refractivity contribution in [2.24, 2.45) is 11.8 Å². The first-order valence-corrected chi connectivity index (χ1v) is 6.40. The monoisotopic (exact) mass is 238 g/mol. The molecule has 1 fully saturated rings. The zero-order valence-corrected chi connectivity index (χ0v) is 10.6. The van der Waals surface area contributed by atoms with Crippen LogP contribution in [0.4, 0.5) is 0 Å². The van der Waals surface area contributed by atoms with Crippen molar-refractivity contribution >= 4 is 0 Å². The van der Waals surface area contributed by atoms with Gasteiger partial charge in [0.25, 0.3) is 0 Å². The molecule has 0 aliphatic heterocycles. The number of aliphatic hydroxyl groups excluding tert-OH is 1. The van der Waals surface area contributed by atoms with Gasteiger partial charge in [0.2, 0.25) is 0 Å². The zero-order valence-electron chi connectivity index (χ0n) is 10.6. The van der Waals surface area contributed by atoms with E-state index >= 15 is 0 Å². The minimum Gasteiger partial charge on any atom is -0.393 e. The smallest absolute Gasteiger partial charge is 0.140 e. The number of rotatable bonds is 6. The molecule has 1 heterocycles. The van der Waals surface area contributed by atoms with Crippen molar-refractivity contribution in [2.75, 3.05) is 6.54 Å². The molecule has 1 aromatic rings. The van der Waals surface area contributed by atoms with Gasteiger partial charge >= 0.3 is 0 Å². The van der Waals surface area contributed by atoms with Gasteiger partial charge in [-0.15, -0.1) is 0 Å². The Kier molecular flexibility index (Phi) is 4.12. The van der Waals surface area contributed by atoms with Crippen LogP contribution in [-0.4, -0.2) is 32.5 Å². The molecule has 1 aliphatic rings. The van der Waals surface area contributed by atoms with E-state index in [-0.39, 0.29) is 6.10 Å². The lowest BCUT2D eigenvalue weighted by molar-refractivity contribution is 0.0428. The van der Waals surface area contributed by atoms with Crippen molar-refractivity contribution in [3.63, 3.8) is 0 Å². The van der Waals surface area contributed by atoms with Crippen molar-refractivity contribution in [1.82, 2.24) is 20.1 Å². The molecule has 0 aromatic carbocycles. The molecule has 96 valence electrons. The van der Waals surface area contributed by atoms with Crippen molar-refractivity contribution in [3.8, 4) is 0 Å². The molecular weight excluding hydrogens is 216 g/mol. The Morgan fingerprint density at radius 3 is 2.94 bits per heavy atom. The van der Waals surface area contributed by atoms with Gasteiger partial charge < -0.3 is 10.4 Å². The minimum absolute atomic E-state index is 0.0635. The Hall–Kier alpha value is -0.940. The Morgan fingerprint density at radius 1 is 1.53 bits per heavy atom. The average Bonchev–Trinajstić information content (AvgIpc) is 2.62. The molecule has 2 rings (SSSR count). The molecular formula is C12H22N4O. The maximum Gasteiger partial charge on any atom is 0.140 e. The summed E-state index contributed by atoms with van der Waals surface area (Å²) in [5, 5.41) is 16.8. The van der Waals surface area contributed by atoms with Crippen LogP contribution in [0.2, 0.25) is 0 Å². The number of nitrogens with zero attached hydrogens (tertiary/aromatic N) is 3. The summed E-state index contributed by atoms with van der Waals surface area (Å²) in [5.74, 6) is 2.21. The Balaban J connectivity index is 1.73. The van der Waals surface area contributed by atoms with E-state index in [1.807, 2.05) is 4.68 Å². The van der Waals surface area contributed by atoms with E-state index in [9.17, 15) is 5.11 Å². The van der Waals surface area contributed by atoms with Gasteiger partial charge in [0.05, 0.1) is 12.6 Å². The summed E-state index contributed by atoms with van der Waals surface area (Å²) in [4.78, 5) is 4.26. The fourth-order valence-electron chi connectivity index (χ4n) is 2.18. The predicted octanol–water partition coefficient (Wildman–Crippen LogP) is 0.795. The average molecular weight is 238 g/mol. The molecule has 0 radical (unpaired) electrons. The standard InChI is InChI=1S/C12H22N4O/c1-9(2)7-16-12(14-8-15-16)6-13-5-10-3-11(17)4-10/h8-11,13,17H,3-7H2,1-2H3. The van der Waals surface area contributed by atoms with E-state index in [1.54, 1.807) is 6.33 Å². The molecule has 0 bridgehead atoms. The maximum atomic E-state index is 9.19. The largest absolute Gasteiger partial charge is 0.393 e. The lowest BCUT2D eigenvalue weighted by Gasteiger charge is -2.31. The second-order valence-corrected chi connectivity index (χ2v) is 5.37. The molecule has 0 spiro atoms. The van der Waals surface area contributed by atoms with Crippen LogP contribution in [-0.2, 0) is 13.1 Å². The van der Waals surface area contributed by atoms with Gasteiger partial charge in [0, 0.05) is 6.54 Å². The maximum absolute atomic E-state index is 9.19.